The van der Waals surface area contributed by atoms with Crippen molar-refractivity contribution >= 4 is 5.69 Å². The number of hydrogen-bond donors (Lipinski definition) is 1. The van der Waals surface area contributed by atoms with E-state index in [2.05, 4.69) is 24.1 Å². The first-order valence-corrected chi connectivity index (χ1v) is 6.00. The van der Waals surface area contributed by atoms with Crippen LogP contribution in [0.5, 0.6) is 0 Å². The van der Waals surface area contributed by atoms with E-state index in [1.54, 1.807) is 0 Å². The largest absolute Gasteiger partial charge is 0.385 e. The molecule has 1 heterocycles. The van der Waals surface area contributed by atoms with Crippen LogP contribution >= 0.6 is 0 Å². The van der Waals surface area contributed by atoms with Crippen LogP contribution in [0.2, 0.25) is 0 Å². The molecule has 0 aliphatic heterocycles. The van der Waals surface area contributed by atoms with Crippen LogP contribution in [0.4, 0.5) is 5.69 Å². The first-order valence-electron chi connectivity index (χ1n) is 6.00. The Balaban J connectivity index is 2.33. The Hall–Kier alpha value is -1.05. The zero-order valence-corrected chi connectivity index (χ0v) is 9.87. The van der Waals surface area contributed by atoms with Crippen LogP contribution in [0, 0.1) is 5.92 Å². The molecule has 2 nitrogen and oxygen atoms in total. The number of hydrogen-bond acceptors (Lipinski definition) is 2. The van der Waals surface area contributed by atoms with Crippen molar-refractivity contribution in [1.82, 2.24) is 4.98 Å². The minimum absolute atomic E-state index is 0.813. The maximum absolute atomic E-state index is 4.01. The molecule has 0 fully saturated rings. The van der Waals surface area contributed by atoms with Crippen molar-refractivity contribution in [2.45, 2.75) is 39.5 Å². The van der Waals surface area contributed by atoms with E-state index in [9.17, 15) is 0 Å². The molecule has 84 valence electrons. The van der Waals surface area contributed by atoms with Gasteiger partial charge in [0.15, 0.2) is 0 Å². The molecule has 0 aliphatic carbocycles. The molecule has 0 aromatic carbocycles. The summed E-state index contributed by atoms with van der Waals surface area (Å²) in [7, 11) is 0. The van der Waals surface area contributed by atoms with Crippen LogP contribution in [0.25, 0.3) is 0 Å². The molecule has 0 saturated heterocycles. The van der Waals surface area contributed by atoms with Crippen LogP contribution in [0.1, 0.15) is 39.5 Å². The second-order valence-corrected chi connectivity index (χ2v) is 4.06. The second-order valence-electron chi connectivity index (χ2n) is 4.06. The van der Waals surface area contributed by atoms with Gasteiger partial charge >= 0.3 is 0 Å². The molecule has 2 heteroatoms. The van der Waals surface area contributed by atoms with Gasteiger partial charge in [-0.1, -0.05) is 26.7 Å². The molecular formula is C13H22N2. The third kappa shape index (κ3) is 4.82. The summed E-state index contributed by atoms with van der Waals surface area (Å²) < 4.78 is 0. The number of nitrogens with one attached hydrogen (secondary N) is 1. The SMILES string of the molecule is CCCC(CCC)CNc1ccncc1. The molecular weight excluding hydrogens is 184 g/mol. The molecule has 1 aromatic rings. The summed E-state index contributed by atoms with van der Waals surface area (Å²) in [6.45, 7) is 5.61. The molecule has 0 bridgehead atoms. The highest BCUT2D eigenvalue weighted by Crippen LogP contribution is 2.14. The van der Waals surface area contributed by atoms with Gasteiger partial charge in [-0.05, 0) is 30.9 Å². The fraction of sp³-hybridized carbons (Fsp3) is 0.615. The highest BCUT2D eigenvalue weighted by molar-refractivity contribution is 5.40. The van der Waals surface area contributed by atoms with Crippen LogP contribution in [-0.2, 0) is 0 Å². The second kappa shape index (κ2) is 7.27. The van der Waals surface area contributed by atoms with E-state index in [4.69, 9.17) is 0 Å². The van der Waals surface area contributed by atoms with Crippen molar-refractivity contribution in [2.75, 3.05) is 11.9 Å². The monoisotopic (exact) mass is 206 g/mol. The lowest BCUT2D eigenvalue weighted by atomic mass is 9.98. The van der Waals surface area contributed by atoms with Gasteiger partial charge in [-0.25, -0.2) is 0 Å². The van der Waals surface area contributed by atoms with E-state index in [1.807, 2.05) is 24.5 Å². The third-order valence-corrected chi connectivity index (χ3v) is 2.67. The van der Waals surface area contributed by atoms with E-state index in [-0.39, 0.29) is 0 Å². The first-order chi connectivity index (χ1) is 7.36. The van der Waals surface area contributed by atoms with Gasteiger partial charge in [-0.2, -0.15) is 0 Å². The van der Waals surface area contributed by atoms with Gasteiger partial charge in [0.2, 0.25) is 0 Å². The van der Waals surface area contributed by atoms with Crippen molar-refractivity contribution in [1.29, 1.82) is 0 Å². The minimum atomic E-state index is 0.813. The molecule has 0 aliphatic rings. The Labute approximate surface area is 93.1 Å². The average molecular weight is 206 g/mol. The molecule has 0 amide bonds. The number of anilines is 1. The highest BCUT2D eigenvalue weighted by Gasteiger charge is 2.05. The lowest BCUT2D eigenvalue weighted by molar-refractivity contribution is 0.461. The van der Waals surface area contributed by atoms with Gasteiger partial charge in [0.25, 0.3) is 0 Å². The van der Waals surface area contributed by atoms with Gasteiger partial charge in [0.1, 0.15) is 0 Å². The van der Waals surface area contributed by atoms with Gasteiger partial charge in [-0.3, -0.25) is 4.98 Å². The summed E-state index contributed by atoms with van der Waals surface area (Å²) in [5.74, 6) is 0.813. The van der Waals surface area contributed by atoms with E-state index in [0.29, 0.717) is 0 Å². The number of nitrogens with zero attached hydrogens (tertiary/aromatic N) is 1. The van der Waals surface area contributed by atoms with Gasteiger partial charge in [0.05, 0.1) is 0 Å². The average Bonchev–Trinajstić information content (AvgIpc) is 2.28. The summed E-state index contributed by atoms with van der Waals surface area (Å²) in [5.41, 5.74) is 1.18. The van der Waals surface area contributed by atoms with Crippen molar-refractivity contribution < 1.29 is 0 Å². The molecule has 1 aromatic heterocycles. The van der Waals surface area contributed by atoms with Crippen molar-refractivity contribution in [3.63, 3.8) is 0 Å². The summed E-state index contributed by atoms with van der Waals surface area (Å²) in [6, 6.07) is 4.05. The van der Waals surface area contributed by atoms with Crippen LogP contribution in [0.15, 0.2) is 24.5 Å². The first kappa shape index (κ1) is 12.0. The van der Waals surface area contributed by atoms with E-state index >= 15 is 0 Å². The molecule has 0 atom stereocenters. The molecule has 15 heavy (non-hydrogen) atoms. The van der Waals surface area contributed by atoms with E-state index in [0.717, 1.165) is 12.5 Å². The normalized spacial score (nSPS) is 10.6. The van der Waals surface area contributed by atoms with E-state index in [1.165, 1.54) is 31.4 Å². The zero-order valence-electron chi connectivity index (χ0n) is 9.87. The molecule has 1 N–H and O–H groups in total. The molecule has 0 spiro atoms. The van der Waals surface area contributed by atoms with Gasteiger partial charge in [0, 0.05) is 24.6 Å². The number of pyridine rings is 1. The fourth-order valence-corrected chi connectivity index (χ4v) is 1.90. The summed E-state index contributed by atoms with van der Waals surface area (Å²) in [4.78, 5) is 4.01. The quantitative estimate of drug-likeness (QED) is 0.735. The Morgan fingerprint density at radius 1 is 1.13 bits per heavy atom. The molecule has 0 unspecified atom stereocenters. The third-order valence-electron chi connectivity index (χ3n) is 2.67. The lowest BCUT2D eigenvalue weighted by Gasteiger charge is -2.16. The number of rotatable bonds is 7. The number of aromatic nitrogens is 1. The van der Waals surface area contributed by atoms with Crippen molar-refractivity contribution in [2.24, 2.45) is 5.92 Å². The maximum Gasteiger partial charge on any atom is 0.0371 e. The Morgan fingerprint density at radius 3 is 2.27 bits per heavy atom. The van der Waals surface area contributed by atoms with Crippen molar-refractivity contribution in [3.05, 3.63) is 24.5 Å². The molecule has 0 radical (unpaired) electrons. The van der Waals surface area contributed by atoms with Crippen LogP contribution < -0.4 is 5.32 Å². The smallest absolute Gasteiger partial charge is 0.0371 e. The van der Waals surface area contributed by atoms with Gasteiger partial charge < -0.3 is 5.32 Å². The fourth-order valence-electron chi connectivity index (χ4n) is 1.90. The summed E-state index contributed by atoms with van der Waals surface area (Å²) in [5, 5.41) is 3.47. The molecule has 1 rings (SSSR count). The topological polar surface area (TPSA) is 24.9 Å². The van der Waals surface area contributed by atoms with Crippen LogP contribution in [-0.4, -0.2) is 11.5 Å². The zero-order chi connectivity index (χ0) is 10.9. The Morgan fingerprint density at radius 2 is 1.73 bits per heavy atom. The predicted octanol–water partition coefficient (Wildman–Crippen LogP) is 3.71. The summed E-state index contributed by atoms with van der Waals surface area (Å²) >= 11 is 0. The maximum atomic E-state index is 4.01. The molecule has 0 saturated carbocycles. The highest BCUT2D eigenvalue weighted by atomic mass is 14.9. The lowest BCUT2D eigenvalue weighted by Crippen LogP contribution is -2.14. The summed E-state index contributed by atoms with van der Waals surface area (Å²) in [6.07, 6.45) is 8.87. The van der Waals surface area contributed by atoms with Gasteiger partial charge in [-0.15, -0.1) is 0 Å². The minimum Gasteiger partial charge on any atom is -0.385 e. The van der Waals surface area contributed by atoms with Crippen molar-refractivity contribution in [3.8, 4) is 0 Å². The Kier molecular flexibility index (Phi) is 5.83. The predicted molar refractivity (Wildman–Crippen MR) is 66.0 cm³/mol. The standard InChI is InChI=1S/C13H22N2/c1-3-5-12(6-4-2)11-15-13-7-9-14-10-8-13/h7-10,12H,3-6,11H2,1-2H3,(H,14,15). The Bertz CT molecular complexity index is 240. The van der Waals surface area contributed by atoms with Crippen LogP contribution in [0.3, 0.4) is 0 Å². The van der Waals surface area contributed by atoms with E-state index < -0.39 is 0 Å².